The van der Waals surface area contributed by atoms with Crippen LogP contribution >= 0.6 is 0 Å². The first kappa shape index (κ1) is 18.5. The van der Waals surface area contributed by atoms with Crippen LogP contribution < -0.4 is 10.6 Å². The molecule has 0 heterocycles. The number of alkyl halides is 3. The number of carbonyl (C=O) groups is 2. The highest BCUT2D eigenvalue weighted by atomic mass is 19.4. The van der Waals surface area contributed by atoms with Crippen LogP contribution in [0.15, 0.2) is 42.5 Å². The van der Waals surface area contributed by atoms with Crippen LogP contribution in [0.1, 0.15) is 27.0 Å². The Morgan fingerprint density at radius 3 is 2.36 bits per heavy atom. The fourth-order valence-electron chi connectivity index (χ4n) is 2.13. The summed E-state index contributed by atoms with van der Waals surface area (Å²) in [6.45, 7) is 3.55. The number of hydrogen-bond donors (Lipinski definition) is 2. The summed E-state index contributed by atoms with van der Waals surface area (Å²) in [5, 5.41) is 4.48. The van der Waals surface area contributed by atoms with Crippen LogP contribution in [0, 0.1) is 13.8 Å². The van der Waals surface area contributed by atoms with Crippen LogP contribution in [-0.2, 0) is 11.3 Å². The summed E-state index contributed by atoms with van der Waals surface area (Å²) in [6, 6.07) is 11.6. The largest absolute Gasteiger partial charge is 0.471 e. The summed E-state index contributed by atoms with van der Waals surface area (Å²) < 4.78 is 36.5. The van der Waals surface area contributed by atoms with E-state index in [1.165, 1.54) is 6.07 Å². The molecule has 0 aliphatic heterocycles. The summed E-state index contributed by atoms with van der Waals surface area (Å²) in [5.74, 6) is -2.32. The number of nitrogens with one attached hydrogen (secondary N) is 2. The molecule has 132 valence electrons. The Hall–Kier alpha value is -2.83. The smallest absolute Gasteiger partial charge is 0.344 e. The van der Waals surface area contributed by atoms with Gasteiger partial charge in [0.1, 0.15) is 0 Å². The fraction of sp³-hybridized carbons (Fsp3) is 0.222. The standard InChI is InChI=1S/C18H17F3N2O2/c1-11-6-7-14(8-12(11)2)16(24)23-15-5-3-4-13(9-15)10-22-17(25)18(19,20)21/h3-9H,10H2,1-2H3,(H,22,25)(H,23,24). The van der Waals surface area contributed by atoms with E-state index in [1.807, 2.05) is 19.9 Å². The van der Waals surface area contributed by atoms with Crippen LogP contribution in [0.5, 0.6) is 0 Å². The second-order valence-corrected chi connectivity index (χ2v) is 5.63. The molecule has 0 aliphatic carbocycles. The Kier molecular flexibility index (Phi) is 5.46. The average Bonchev–Trinajstić information content (AvgIpc) is 2.54. The van der Waals surface area contributed by atoms with Crippen molar-refractivity contribution in [2.45, 2.75) is 26.6 Å². The van der Waals surface area contributed by atoms with Crippen molar-refractivity contribution in [2.75, 3.05) is 5.32 Å². The van der Waals surface area contributed by atoms with Gasteiger partial charge in [0.05, 0.1) is 0 Å². The molecular formula is C18H17F3N2O2. The van der Waals surface area contributed by atoms with Crippen molar-refractivity contribution in [1.29, 1.82) is 0 Å². The molecule has 2 aromatic carbocycles. The molecule has 7 heteroatoms. The van der Waals surface area contributed by atoms with Gasteiger partial charge in [0.25, 0.3) is 5.91 Å². The van der Waals surface area contributed by atoms with Crippen molar-refractivity contribution in [3.8, 4) is 0 Å². The highest BCUT2D eigenvalue weighted by Gasteiger charge is 2.38. The number of carbonyl (C=O) groups excluding carboxylic acids is 2. The van der Waals surface area contributed by atoms with E-state index in [1.54, 1.807) is 35.6 Å². The summed E-state index contributed by atoms with van der Waals surface area (Å²) in [6.07, 6.45) is -4.92. The minimum atomic E-state index is -4.92. The molecule has 0 aromatic heterocycles. The Balaban J connectivity index is 2.04. The van der Waals surface area contributed by atoms with E-state index >= 15 is 0 Å². The molecule has 0 aliphatic rings. The monoisotopic (exact) mass is 350 g/mol. The van der Waals surface area contributed by atoms with Gasteiger partial charge in [-0.05, 0) is 54.8 Å². The van der Waals surface area contributed by atoms with Gasteiger partial charge >= 0.3 is 12.1 Å². The first-order chi connectivity index (χ1) is 11.7. The van der Waals surface area contributed by atoms with Gasteiger partial charge < -0.3 is 10.6 Å². The molecule has 2 rings (SSSR count). The molecule has 0 bridgehead atoms. The second-order valence-electron chi connectivity index (χ2n) is 5.63. The molecular weight excluding hydrogens is 333 g/mol. The highest BCUT2D eigenvalue weighted by Crippen LogP contribution is 2.16. The third kappa shape index (κ3) is 5.07. The minimum Gasteiger partial charge on any atom is -0.344 e. The first-order valence-electron chi connectivity index (χ1n) is 7.49. The van der Waals surface area contributed by atoms with E-state index in [4.69, 9.17) is 0 Å². The van der Waals surface area contributed by atoms with Gasteiger partial charge in [-0.15, -0.1) is 0 Å². The lowest BCUT2D eigenvalue weighted by atomic mass is 10.1. The zero-order valence-corrected chi connectivity index (χ0v) is 13.7. The maximum atomic E-state index is 12.3. The van der Waals surface area contributed by atoms with Crippen LogP contribution in [0.25, 0.3) is 0 Å². The number of aryl methyl sites for hydroxylation is 2. The molecule has 0 saturated heterocycles. The average molecular weight is 350 g/mol. The third-order valence-corrected chi connectivity index (χ3v) is 3.66. The first-order valence-corrected chi connectivity index (χ1v) is 7.49. The molecule has 0 unspecified atom stereocenters. The normalized spacial score (nSPS) is 11.1. The van der Waals surface area contributed by atoms with Gasteiger partial charge in [-0.2, -0.15) is 13.2 Å². The predicted octanol–water partition coefficient (Wildman–Crippen LogP) is 3.73. The quantitative estimate of drug-likeness (QED) is 0.883. The molecule has 25 heavy (non-hydrogen) atoms. The molecule has 0 atom stereocenters. The summed E-state index contributed by atoms with van der Waals surface area (Å²) in [5.41, 5.74) is 3.41. The SMILES string of the molecule is Cc1ccc(C(=O)Nc2cccc(CNC(=O)C(F)(F)F)c2)cc1C. The van der Waals surface area contributed by atoms with Crippen LogP contribution in [0.3, 0.4) is 0 Å². The van der Waals surface area contributed by atoms with E-state index in [0.29, 0.717) is 16.8 Å². The second kappa shape index (κ2) is 7.38. The van der Waals surface area contributed by atoms with Crippen molar-refractivity contribution < 1.29 is 22.8 Å². The molecule has 0 saturated carbocycles. The van der Waals surface area contributed by atoms with Crippen LogP contribution in [0.4, 0.5) is 18.9 Å². The lowest BCUT2D eigenvalue weighted by Gasteiger charge is -2.10. The molecule has 0 radical (unpaired) electrons. The Bertz CT molecular complexity index is 801. The Morgan fingerprint density at radius 1 is 1.00 bits per heavy atom. The van der Waals surface area contributed by atoms with Crippen molar-refractivity contribution >= 4 is 17.5 Å². The van der Waals surface area contributed by atoms with Gasteiger partial charge in [0.15, 0.2) is 0 Å². The molecule has 2 N–H and O–H groups in total. The van der Waals surface area contributed by atoms with Crippen molar-refractivity contribution in [3.05, 3.63) is 64.7 Å². The fourth-order valence-corrected chi connectivity index (χ4v) is 2.13. The van der Waals surface area contributed by atoms with Gasteiger partial charge in [-0.25, -0.2) is 0 Å². The number of rotatable bonds is 4. The maximum Gasteiger partial charge on any atom is 0.471 e. The van der Waals surface area contributed by atoms with Gasteiger partial charge in [0, 0.05) is 17.8 Å². The molecule has 4 nitrogen and oxygen atoms in total. The van der Waals surface area contributed by atoms with E-state index in [9.17, 15) is 22.8 Å². The van der Waals surface area contributed by atoms with Crippen molar-refractivity contribution in [2.24, 2.45) is 0 Å². The zero-order valence-electron chi connectivity index (χ0n) is 13.7. The zero-order chi connectivity index (χ0) is 18.6. The van der Waals surface area contributed by atoms with Gasteiger partial charge in [0.2, 0.25) is 0 Å². The van der Waals surface area contributed by atoms with E-state index in [-0.39, 0.29) is 12.5 Å². The topological polar surface area (TPSA) is 58.2 Å². The predicted molar refractivity (Wildman–Crippen MR) is 88.2 cm³/mol. The van der Waals surface area contributed by atoms with Gasteiger partial charge in [-0.1, -0.05) is 18.2 Å². The Morgan fingerprint density at radius 2 is 1.72 bits per heavy atom. The number of halogens is 3. The van der Waals surface area contributed by atoms with Crippen LogP contribution in [0.2, 0.25) is 0 Å². The number of anilines is 1. The molecule has 0 fully saturated rings. The van der Waals surface area contributed by atoms with E-state index in [0.717, 1.165) is 11.1 Å². The molecule has 0 spiro atoms. The van der Waals surface area contributed by atoms with Crippen molar-refractivity contribution in [1.82, 2.24) is 5.32 Å². The number of benzene rings is 2. The van der Waals surface area contributed by atoms with Crippen molar-refractivity contribution in [3.63, 3.8) is 0 Å². The lowest BCUT2D eigenvalue weighted by molar-refractivity contribution is -0.173. The summed E-state index contributed by atoms with van der Waals surface area (Å²) in [4.78, 5) is 23.1. The summed E-state index contributed by atoms with van der Waals surface area (Å²) >= 11 is 0. The van der Waals surface area contributed by atoms with E-state index in [2.05, 4.69) is 5.32 Å². The lowest BCUT2D eigenvalue weighted by Crippen LogP contribution is -2.36. The minimum absolute atomic E-state index is 0.286. The summed E-state index contributed by atoms with van der Waals surface area (Å²) in [7, 11) is 0. The number of amides is 2. The number of hydrogen-bond acceptors (Lipinski definition) is 2. The Labute approximate surface area is 143 Å². The van der Waals surface area contributed by atoms with Gasteiger partial charge in [-0.3, -0.25) is 9.59 Å². The third-order valence-electron chi connectivity index (χ3n) is 3.66. The molecule has 2 amide bonds. The molecule has 2 aromatic rings. The maximum absolute atomic E-state index is 12.3. The van der Waals surface area contributed by atoms with E-state index < -0.39 is 12.1 Å². The highest BCUT2D eigenvalue weighted by molar-refractivity contribution is 6.04. The van der Waals surface area contributed by atoms with Crippen LogP contribution in [-0.4, -0.2) is 18.0 Å².